The van der Waals surface area contributed by atoms with Crippen molar-refractivity contribution in [1.29, 1.82) is 0 Å². The van der Waals surface area contributed by atoms with Crippen LogP contribution in [0.25, 0.3) is 0 Å². The van der Waals surface area contributed by atoms with Gasteiger partial charge in [0.05, 0.1) is 6.04 Å². The van der Waals surface area contributed by atoms with Crippen molar-refractivity contribution in [3.63, 3.8) is 0 Å². The maximum atomic E-state index is 14.4. The Morgan fingerprint density at radius 3 is 2.50 bits per heavy atom. The smallest absolute Gasteiger partial charge is 0.128 e. The van der Waals surface area contributed by atoms with Crippen LogP contribution in [0.2, 0.25) is 0 Å². The van der Waals surface area contributed by atoms with Gasteiger partial charge in [-0.05, 0) is 56.1 Å². The van der Waals surface area contributed by atoms with Crippen molar-refractivity contribution in [1.82, 2.24) is 10.3 Å². The second-order valence-corrected chi connectivity index (χ2v) is 5.20. The molecule has 3 heteroatoms. The highest BCUT2D eigenvalue weighted by Crippen LogP contribution is 2.28. The number of nitrogens with one attached hydrogen (secondary N) is 1. The van der Waals surface area contributed by atoms with Crippen LogP contribution >= 0.6 is 0 Å². The van der Waals surface area contributed by atoms with Gasteiger partial charge in [-0.1, -0.05) is 19.1 Å². The Morgan fingerprint density at radius 1 is 1.20 bits per heavy atom. The molecule has 1 heterocycles. The van der Waals surface area contributed by atoms with Crippen LogP contribution in [0.1, 0.15) is 40.9 Å². The molecular weight excluding hydrogens is 251 g/mol. The molecule has 2 aromatic rings. The predicted molar refractivity (Wildman–Crippen MR) is 80.4 cm³/mol. The van der Waals surface area contributed by atoms with Gasteiger partial charge in [0.1, 0.15) is 5.82 Å². The minimum absolute atomic E-state index is 0.158. The second-order valence-electron chi connectivity index (χ2n) is 5.20. The van der Waals surface area contributed by atoms with Gasteiger partial charge in [-0.15, -0.1) is 0 Å². The molecule has 0 aliphatic rings. The second kappa shape index (κ2) is 6.14. The summed E-state index contributed by atoms with van der Waals surface area (Å²) >= 11 is 0. The molecule has 20 heavy (non-hydrogen) atoms. The molecule has 0 aliphatic heterocycles. The third-order valence-corrected chi connectivity index (χ3v) is 3.45. The summed E-state index contributed by atoms with van der Waals surface area (Å²) in [6.07, 6.45) is 1.82. The fourth-order valence-corrected chi connectivity index (χ4v) is 2.53. The van der Waals surface area contributed by atoms with Gasteiger partial charge in [0, 0.05) is 17.5 Å². The van der Waals surface area contributed by atoms with Crippen molar-refractivity contribution in [2.24, 2.45) is 0 Å². The molecule has 2 nitrogen and oxygen atoms in total. The van der Waals surface area contributed by atoms with Crippen LogP contribution in [0.15, 0.2) is 30.5 Å². The third kappa shape index (κ3) is 3.05. The van der Waals surface area contributed by atoms with E-state index in [1.165, 1.54) is 0 Å². The Bertz CT molecular complexity index is 567. The largest absolute Gasteiger partial charge is 0.306 e. The van der Waals surface area contributed by atoms with E-state index >= 15 is 0 Å². The monoisotopic (exact) mass is 272 g/mol. The van der Waals surface area contributed by atoms with Crippen molar-refractivity contribution in [3.8, 4) is 0 Å². The van der Waals surface area contributed by atoms with Crippen molar-refractivity contribution in [3.05, 3.63) is 64.2 Å². The zero-order valence-electron chi connectivity index (χ0n) is 12.5. The van der Waals surface area contributed by atoms with Gasteiger partial charge in [-0.25, -0.2) is 4.39 Å². The molecule has 0 saturated carbocycles. The quantitative estimate of drug-likeness (QED) is 0.914. The number of aromatic nitrogens is 1. The first kappa shape index (κ1) is 14.7. The van der Waals surface area contributed by atoms with Gasteiger partial charge in [0.15, 0.2) is 0 Å². The topological polar surface area (TPSA) is 24.9 Å². The first-order valence-electron chi connectivity index (χ1n) is 6.95. The Hall–Kier alpha value is -1.74. The number of pyridine rings is 1. The number of nitrogens with zero attached hydrogens (tertiary/aromatic N) is 1. The normalized spacial score (nSPS) is 12.4. The van der Waals surface area contributed by atoms with E-state index in [4.69, 9.17) is 0 Å². The fourth-order valence-electron chi connectivity index (χ4n) is 2.53. The molecule has 0 saturated heterocycles. The molecular formula is C17H21FN2. The molecule has 0 bridgehead atoms. The van der Waals surface area contributed by atoms with Crippen molar-refractivity contribution in [2.75, 3.05) is 6.54 Å². The molecule has 1 N–H and O–H groups in total. The van der Waals surface area contributed by atoms with Crippen LogP contribution in [0.5, 0.6) is 0 Å². The summed E-state index contributed by atoms with van der Waals surface area (Å²) in [5.41, 5.74) is 4.58. The van der Waals surface area contributed by atoms with E-state index < -0.39 is 0 Å². The molecule has 0 fully saturated rings. The van der Waals surface area contributed by atoms with Crippen LogP contribution in [-0.2, 0) is 0 Å². The summed E-state index contributed by atoms with van der Waals surface area (Å²) in [5.74, 6) is -0.158. The molecule has 1 aromatic carbocycles. The molecule has 0 spiro atoms. The summed E-state index contributed by atoms with van der Waals surface area (Å²) in [6, 6.07) is 7.42. The lowest BCUT2D eigenvalue weighted by atomic mass is 9.94. The van der Waals surface area contributed by atoms with Gasteiger partial charge in [0.25, 0.3) is 0 Å². The lowest BCUT2D eigenvalue weighted by molar-refractivity contribution is 0.554. The molecule has 0 aliphatic carbocycles. The highest BCUT2D eigenvalue weighted by Gasteiger charge is 2.19. The van der Waals surface area contributed by atoms with E-state index in [-0.39, 0.29) is 11.9 Å². The van der Waals surface area contributed by atoms with E-state index in [9.17, 15) is 4.39 Å². The highest BCUT2D eigenvalue weighted by molar-refractivity contribution is 5.39. The number of hydrogen-bond acceptors (Lipinski definition) is 2. The third-order valence-electron chi connectivity index (χ3n) is 3.45. The van der Waals surface area contributed by atoms with Gasteiger partial charge in [-0.2, -0.15) is 0 Å². The van der Waals surface area contributed by atoms with Crippen LogP contribution in [0.4, 0.5) is 4.39 Å². The fraction of sp³-hybridized carbons (Fsp3) is 0.353. The summed E-state index contributed by atoms with van der Waals surface area (Å²) < 4.78 is 14.4. The average Bonchev–Trinajstić information content (AvgIpc) is 2.37. The lowest BCUT2D eigenvalue weighted by Gasteiger charge is -2.22. The lowest BCUT2D eigenvalue weighted by Crippen LogP contribution is -2.24. The van der Waals surface area contributed by atoms with Crippen molar-refractivity contribution >= 4 is 0 Å². The summed E-state index contributed by atoms with van der Waals surface area (Å²) in [6.45, 7) is 8.61. The SMILES string of the molecule is CCNC(c1ccc(C)nc1)c1c(C)cc(C)cc1F. The standard InChI is InChI=1S/C17H21FN2/c1-5-19-17(14-7-6-13(4)20-10-14)16-12(3)8-11(2)9-15(16)18/h6-10,17,19H,5H2,1-4H3. The maximum Gasteiger partial charge on any atom is 0.128 e. The van der Waals surface area contributed by atoms with E-state index in [0.717, 1.165) is 28.9 Å². The summed E-state index contributed by atoms with van der Waals surface area (Å²) in [7, 11) is 0. The average molecular weight is 272 g/mol. The minimum atomic E-state index is -0.159. The first-order chi connectivity index (χ1) is 9.52. The van der Waals surface area contributed by atoms with E-state index in [1.54, 1.807) is 6.07 Å². The number of halogens is 1. The van der Waals surface area contributed by atoms with E-state index in [0.29, 0.717) is 5.56 Å². The number of benzene rings is 1. The summed E-state index contributed by atoms with van der Waals surface area (Å²) in [4.78, 5) is 4.32. The Morgan fingerprint density at radius 2 is 1.95 bits per heavy atom. The van der Waals surface area contributed by atoms with Gasteiger partial charge >= 0.3 is 0 Å². The molecule has 0 amide bonds. The van der Waals surface area contributed by atoms with Crippen molar-refractivity contribution in [2.45, 2.75) is 33.7 Å². The molecule has 1 atom stereocenters. The molecule has 1 unspecified atom stereocenters. The molecule has 1 aromatic heterocycles. The van der Waals surface area contributed by atoms with Gasteiger partial charge < -0.3 is 5.32 Å². The Kier molecular flexibility index (Phi) is 4.50. The Balaban J connectivity index is 2.51. The van der Waals surface area contributed by atoms with Gasteiger partial charge in [-0.3, -0.25) is 4.98 Å². The van der Waals surface area contributed by atoms with Gasteiger partial charge in [0.2, 0.25) is 0 Å². The van der Waals surface area contributed by atoms with E-state index in [2.05, 4.69) is 10.3 Å². The number of aryl methyl sites for hydroxylation is 3. The first-order valence-corrected chi connectivity index (χ1v) is 6.95. The zero-order valence-corrected chi connectivity index (χ0v) is 12.5. The zero-order chi connectivity index (χ0) is 14.7. The summed E-state index contributed by atoms with van der Waals surface area (Å²) in [5, 5.41) is 3.36. The predicted octanol–water partition coefficient (Wildman–Crippen LogP) is 3.84. The Labute approximate surface area is 120 Å². The van der Waals surface area contributed by atoms with E-state index in [1.807, 2.05) is 52.1 Å². The molecule has 0 radical (unpaired) electrons. The maximum absolute atomic E-state index is 14.4. The molecule has 2 rings (SSSR count). The highest BCUT2D eigenvalue weighted by atomic mass is 19.1. The van der Waals surface area contributed by atoms with Crippen LogP contribution < -0.4 is 5.32 Å². The minimum Gasteiger partial charge on any atom is -0.306 e. The van der Waals surface area contributed by atoms with Crippen LogP contribution in [0, 0.1) is 26.6 Å². The van der Waals surface area contributed by atoms with Crippen LogP contribution in [0.3, 0.4) is 0 Å². The van der Waals surface area contributed by atoms with Crippen molar-refractivity contribution < 1.29 is 4.39 Å². The number of hydrogen-bond donors (Lipinski definition) is 1. The molecule has 106 valence electrons. The van der Waals surface area contributed by atoms with Crippen LogP contribution in [-0.4, -0.2) is 11.5 Å². The number of rotatable bonds is 4.